The number of unbranched alkanes of at least 4 members (excludes halogenated alkanes) is 1. The highest BCUT2D eigenvalue weighted by molar-refractivity contribution is 7.85. The molecule has 0 aromatic heterocycles. The summed E-state index contributed by atoms with van der Waals surface area (Å²) in [4.78, 5) is 4.59. The van der Waals surface area contributed by atoms with Crippen molar-refractivity contribution in [3.8, 4) is 0 Å². The Balaban J connectivity index is 2.16. The first kappa shape index (κ1) is 12.9. The first-order valence-electron chi connectivity index (χ1n) is 5.29. The quantitative estimate of drug-likeness (QED) is 0.547. The van der Waals surface area contributed by atoms with Crippen molar-refractivity contribution >= 4 is 10.1 Å². The Hall–Kier alpha value is -0.170. The maximum absolute atomic E-state index is 10.5. The second kappa shape index (κ2) is 5.25. The van der Waals surface area contributed by atoms with Gasteiger partial charge in [-0.2, -0.15) is 8.42 Å². The van der Waals surface area contributed by atoms with Crippen LogP contribution in [0.2, 0.25) is 0 Å². The van der Waals surface area contributed by atoms with Gasteiger partial charge in [0.05, 0.1) is 11.9 Å². The summed E-state index contributed by atoms with van der Waals surface area (Å²) < 4.78 is 29.5. The molecule has 1 unspecified atom stereocenters. The van der Waals surface area contributed by atoms with Gasteiger partial charge in [0, 0.05) is 13.1 Å². The molecule has 90 valence electrons. The SMILES string of the molecule is CC1N(C)CCN1CCCCS(=O)(=O)O. The van der Waals surface area contributed by atoms with Gasteiger partial charge in [0.1, 0.15) is 0 Å². The third-order valence-corrected chi connectivity index (χ3v) is 3.81. The lowest BCUT2D eigenvalue weighted by atomic mass is 10.3. The minimum atomic E-state index is -3.77. The van der Waals surface area contributed by atoms with Crippen LogP contribution in [-0.2, 0) is 10.1 Å². The lowest BCUT2D eigenvalue weighted by Crippen LogP contribution is -2.34. The molecular formula is C9H20N2O3S. The summed E-state index contributed by atoms with van der Waals surface area (Å²) in [6.45, 7) is 5.17. The van der Waals surface area contributed by atoms with Crippen LogP contribution in [0.1, 0.15) is 19.8 Å². The van der Waals surface area contributed by atoms with Crippen LogP contribution >= 0.6 is 0 Å². The summed E-state index contributed by atoms with van der Waals surface area (Å²) >= 11 is 0. The third kappa shape index (κ3) is 4.46. The van der Waals surface area contributed by atoms with Crippen molar-refractivity contribution in [2.75, 3.05) is 32.4 Å². The zero-order chi connectivity index (χ0) is 11.5. The molecule has 0 bridgehead atoms. The van der Waals surface area contributed by atoms with Gasteiger partial charge >= 0.3 is 0 Å². The van der Waals surface area contributed by atoms with Crippen molar-refractivity contribution in [3.63, 3.8) is 0 Å². The van der Waals surface area contributed by atoms with E-state index in [0.29, 0.717) is 12.6 Å². The standard InChI is InChI=1S/C9H20N2O3S/c1-9-10(2)6-7-11(9)5-3-4-8-15(12,13)14/h9H,3-8H2,1-2H3,(H,12,13,14). The lowest BCUT2D eigenvalue weighted by Gasteiger charge is -2.23. The molecule has 1 aliphatic heterocycles. The molecule has 0 amide bonds. The number of hydrogen-bond donors (Lipinski definition) is 1. The van der Waals surface area contributed by atoms with E-state index in [-0.39, 0.29) is 5.75 Å². The van der Waals surface area contributed by atoms with Crippen LogP contribution in [-0.4, -0.2) is 61.4 Å². The summed E-state index contributed by atoms with van der Waals surface area (Å²) in [6, 6.07) is 0. The number of hydrogen-bond acceptors (Lipinski definition) is 4. The summed E-state index contributed by atoms with van der Waals surface area (Å²) in [5, 5.41) is 0. The average molecular weight is 236 g/mol. The van der Waals surface area contributed by atoms with Crippen LogP contribution < -0.4 is 0 Å². The summed E-state index contributed by atoms with van der Waals surface area (Å²) in [5.41, 5.74) is 0. The smallest absolute Gasteiger partial charge is 0.264 e. The maximum Gasteiger partial charge on any atom is 0.264 e. The Morgan fingerprint density at radius 3 is 2.47 bits per heavy atom. The average Bonchev–Trinajstić information content (AvgIpc) is 2.42. The highest BCUT2D eigenvalue weighted by atomic mass is 32.2. The van der Waals surface area contributed by atoms with E-state index >= 15 is 0 Å². The van der Waals surface area contributed by atoms with E-state index in [1.807, 2.05) is 0 Å². The molecule has 0 spiro atoms. The van der Waals surface area contributed by atoms with E-state index in [1.165, 1.54) is 0 Å². The minimum absolute atomic E-state index is 0.120. The molecule has 1 heterocycles. The van der Waals surface area contributed by atoms with Crippen LogP contribution in [0.25, 0.3) is 0 Å². The monoisotopic (exact) mass is 236 g/mol. The Bertz CT molecular complexity index is 292. The molecule has 0 saturated carbocycles. The van der Waals surface area contributed by atoms with E-state index in [9.17, 15) is 8.42 Å². The molecule has 1 N–H and O–H groups in total. The third-order valence-electron chi connectivity index (χ3n) is 3.00. The number of rotatable bonds is 5. The summed E-state index contributed by atoms with van der Waals surface area (Å²) in [6.07, 6.45) is 1.79. The maximum atomic E-state index is 10.5. The van der Waals surface area contributed by atoms with Gasteiger partial charge in [-0.05, 0) is 33.4 Å². The lowest BCUT2D eigenvalue weighted by molar-refractivity contribution is 0.175. The fraction of sp³-hybridized carbons (Fsp3) is 1.00. The highest BCUT2D eigenvalue weighted by Gasteiger charge is 2.24. The van der Waals surface area contributed by atoms with Gasteiger partial charge in [0.15, 0.2) is 0 Å². The normalized spacial score (nSPS) is 24.9. The topological polar surface area (TPSA) is 60.9 Å². The molecule has 1 rings (SSSR count). The van der Waals surface area contributed by atoms with Crippen LogP contribution in [0.5, 0.6) is 0 Å². The molecule has 15 heavy (non-hydrogen) atoms. The van der Waals surface area contributed by atoms with Crippen molar-refractivity contribution in [2.24, 2.45) is 0 Å². The van der Waals surface area contributed by atoms with Crippen LogP contribution in [0.3, 0.4) is 0 Å². The molecule has 0 aromatic carbocycles. The van der Waals surface area contributed by atoms with Crippen molar-refractivity contribution in [1.82, 2.24) is 9.80 Å². The van der Waals surface area contributed by atoms with E-state index in [0.717, 1.165) is 26.1 Å². The van der Waals surface area contributed by atoms with Crippen LogP contribution in [0.4, 0.5) is 0 Å². The van der Waals surface area contributed by atoms with Crippen molar-refractivity contribution in [2.45, 2.75) is 25.9 Å². The largest absolute Gasteiger partial charge is 0.290 e. The van der Waals surface area contributed by atoms with Gasteiger partial charge in [0.25, 0.3) is 10.1 Å². The molecule has 6 heteroatoms. The Morgan fingerprint density at radius 1 is 1.33 bits per heavy atom. The van der Waals surface area contributed by atoms with Gasteiger partial charge in [-0.1, -0.05) is 0 Å². The zero-order valence-electron chi connectivity index (χ0n) is 9.39. The van der Waals surface area contributed by atoms with Gasteiger partial charge in [0.2, 0.25) is 0 Å². The van der Waals surface area contributed by atoms with E-state index in [1.54, 1.807) is 0 Å². The highest BCUT2D eigenvalue weighted by Crippen LogP contribution is 2.12. The first-order chi connectivity index (χ1) is 6.90. The van der Waals surface area contributed by atoms with Gasteiger partial charge < -0.3 is 0 Å². The van der Waals surface area contributed by atoms with Gasteiger partial charge in [-0.15, -0.1) is 0 Å². The van der Waals surface area contributed by atoms with E-state index < -0.39 is 10.1 Å². The second-order valence-electron chi connectivity index (χ2n) is 4.14. The molecule has 1 saturated heterocycles. The predicted molar refractivity (Wildman–Crippen MR) is 59.3 cm³/mol. The van der Waals surface area contributed by atoms with Crippen molar-refractivity contribution < 1.29 is 13.0 Å². The Kier molecular flexibility index (Phi) is 4.51. The fourth-order valence-electron chi connectivity index (χ4n) is 1.84. The second-order valence-corrected chi connectivity index (χ2v) is 5.71. The van der Waals surface area contributed by atoms with Crippen molar-refractivity contribution in [1.29, 1.82) is 0 Å². The van der Waals surface area contributed by atoms with E-state index in [4.69, 9.17) is 4.55 Å². The molecule has 0 aromatic rings. The molecule has 1 aliphatic rings. The van der Waals surface area contributed by atoms with Crippen molar-refractivity contribution in [3.05, 3.63) is 0 Å². The van der Waals surface area contributed by atoms with Gasteiger partial charge in [-0.25, -0.2) is 0 Å². The van der Waals surface area contributed by atoms with Crippen LogP contribution in [0.15, 0.2) is 0 Å². The molecule has 0 aliphatic carbocycles. The fourth-order valence-corrected chi connectivity index (χ4v) is 2.41. The Morgan fingerprint density at radius 2 is 2.00 bits per heavy atom. The molecular weight excluding hydrogens is 216 g/mol. The Labute approximate surface area is 91.8 Å². The van der Waals surface area contributed by atoms with Crippen LogP contribution in [0, 0.1) is 0 Å². The number of likely N-dealkylation sites (N-methyl/N-ethyl adjacent to an activating group) is 1. The number of nitrogens with zero attached hydrogens (tertiary/aromatic N) is 2. The first-order valence-corrected chi connectivity index (χ1v) is 6.90. The molecule has 1 fully saturated rings. The molecule has 1 atom stereocenters. The van der Waals surface area contributed by atoms with E-state index in [2.05, 4.69) is 23.8 Å². The molecule has 5 nitrogen and oxygen atoms in total. The summed E-state index contributed by atoms with van der Waals surface area (Å²) in [5.74, 6) is -0.120. The predicted octanol–water partition coefficient (Wildman–Crippen LogP) is 0.248. The zero-order valence-corrected chi connectivity index (χ0v) is 10.2. The summed E-state index contributed by atoms with van der Waals surface area (Å²) in [7, 11) is -1.69. The minimum Gasteiger partial charge on any atom is -0.290 e. The molecule has 0 radical (unpaired) electrons. The van der Waals surface area contributed by atoms with Gasteiger partial charge in [-0.3, -0.25) is 14.4 Å².